The molecule has 2 aromatic heterocycles. The molecule has 0 aliphatic rings. The molecule has 10 aromatic rings. The van der Waals surface area contributed by atoms with Crippen LogP contribution in [0, 0.1) is 0 Å². The molecule has 0 bridgehead atoms. The van der Waals surface area contributed by atoms with Gasteiger partial charge in [0.1, 0.15) is 0 Å². The van der Waals surface area contributed by atoms with Crippen LogP contribution < -0.4 is 0 Å². The van der Waals surface area contributed by atoms with Crippen LogP contribution in [-0.2, 0) is 0 Å². The van der Waals surface area contributed by atoms with E-state index in [2.05, 4.69) is 158 Å². The Kier molecular flexibility index (Phi) is 6.51. The average Bonchev–Trinajstić information content (AvgIpc) is 3.57. The zero-order valence-corrected chi connectivity index (χ0v) is 28.1. The molecule has 0 fully saturated rings. The quantitative estimate of drug-likeness (QED) is 0.136. The Morgan fingerprint density at radius 2 is 0.918 bits per heavy atom. The first-order valence-corrected chi connectivity index (χ1v) is 18.2. The summed E-state index contributed by atoms with van der Waals surface area (Å²) in [5, 5.41) is 9.96. The average molecular weight is 689 g/mol. The molecule has 0 aliphatic heterocycles. The van der Waals surface area contributed by atoms with E-state index in [1.807, 2.05) is 6.07 Å². The monoisotopic (exact) mass is 689 g/mol. The van der Waals surface area contributed by atoms with Gasteiger partial charge in [0, 0.05) is 0 Å². The molecule has 49 heavy (non-hydrogen) atoms. The normalized spacial score (nSPS) is 11.7. The fourth-order valence-corrected chi connectivity index (χ4v) is 9.65. The van der Waals surface area contributed by atoms with E-state index in [9.17, 15) is 0 Å². The molecule has 0 atom stereocenters. The molecule has 0 amide bonds. The summed E-state index contributed by atoms with van der Waals surface area (Å²) in [7, 11) is 0. The van der Waals surface area contributed by atoms with Crippen LogP contribution in [0.25, 0.3) is 96.9 Å². The number of rotatable bonds is 4. The van der Waals surface area contributed by atoms with Crippen molar-refractivity contribution in [3.8, 4) is 45.3 Å². The van der Waals surface area contributed by atoms with Crippen molar-refractivity contribution in [1.82, 2.24) is 15.0 Å². The van der Waals surface area contributed by atoms with Crippen molar-refractivity contribution in [2.75, 3.05) is 0 Å². The number of nitrogens with zero attached hydrogens (tertiary/aromatic N) is 3. The summed E-state index contributed by atoms with van der Waals surface area (Å²) in [6.07, 6.45) is 0. The molecule has 4 heteroatoms. The first-order chi connectivity index (χ1) is 24.3. The number of benzene rings is 8. The van der Waals surface area contributed by atoms with Gasteiger partial charge in [0.2, 0.25) is 0 Å². The fourth-order valence-electron chi connectivity index (χ4n) is 7.10. The molecule has 0 unspecified atom stereocenters. The maximum absolute atomic E-state index is 5.24. The van der Waals surface area contributed by atoms with Crippen molar-refractivity contribution in [2.24, 2.45) is 0 Å². The molecule has 0 radical (unpaired) electrons. The molecular weight excluding hydrogens is 661 g/mol. The molecule has 2 heterocycles. The number of aromatic nitrogens is 3. The molecule has 0 saturated carbocycles. The van der Waals surface area contributed by atoms with E-state index in [0.29, 0.717) is 17.5 Å². The molecule has 8 aromatic carbocycles. The van der Waals surface area contributed by atoms with Crippen LogP contribution >= 0.6 is 0 Å². The van der Waals surface area contributed by atoms with Crippen molar-refractivity contribution in [3.05, 3.63) is 164 Å². The summed E-state index contributed by atoms with van der Waals surface area (Å²) in [4.78, 5) is 15.6. The molecule has 0 aliphatic carbocycles. The van der Waals surface area contributed by atoms with Gasteiger partial charge in [0.25, 0.3) is 0 Å². The van der Waals surface area contributed by atoms with E-state index in [1.54, 1.807) is 0 Å². The van der Waals surface area contributed by atoms with Gasteiger partial charge in [0.15, 0.2) is 0 Å². The Morgan fingerprint density at radius 3 is 1.78 bits per heavy atom. The first kappa shape index (κ1) is 28.1. The number of fused-ring (bicyclic) bond motifs is 8. The number of hydrogen-bond donors (Lipinski definition) is 0. The minimum atomic E-state index is 0.160. The van der Waals surface area contributed by atoms with Gasteiger partial charge in [0.05, 0.1) is 0 Å². The molecule has 3 nitrogen and oxygen atoms in total. The zero-order chi connectivity index (χ0) is 32.3. The summed E-state index contributed by atoms with van der Waals surface area (Å²) >= 11 is 0.160. The molecule has 0 N–H and O–H groups in total. The zero-order valence-electron chi connectivity index (χ0n) is 26.3. The van der Waals surface area contributed by atoms with Gasteiger partial charge in [-0.2, -0.15) is 0 Å². The van der Waals surface area contributed by atoms with Gasteiger partial charge in [-0.25, -0.2) is 0 Å². The van der Waals surface area contributed by atoms with E-state index in [1.165, 1.54) is 51.6 Å². The molecule has 10 rings (SSSR count). The van der Waals surface area contributed by atoms with Crippen molar-refractivity contribution >= 4 is 66.1 Å². The second-order valence-electron chi connectivity index (χ2n) is 12.4. The molecule has 228 valence electrons. The Morgan fingerprint density at radius 1 is 0.327 bits per heavy atom. The van der Waals surface area contributed by atoms with E-state index in [0.717, 1.165) is 27.8 Å². The van der Waals surface area contributed by atoms with Gasteiger partial charge in [-0.05, 0) is 0 Å². The van der Waals surface area contributed by atoms with Crippen LogP contribution in [0.15, 0.2) is 164 Å². The first-order valence-electron chi connectivity index (χ1n) is 16.4. The van der Waals surface area contributed by atoms with E-state index in [4.69, 9.17) is 15.0 Å². The Hall–Kier alpha value is -5.93. The predicted molar refractivity (Wildman–Crippen MR) is 206 cm³/mol. The predicted octanol–water partition coefficient (Wildman–Crippen LogP) is 11.4. The van der Waals surface area contributed by atoms with Gasteiger partial charge < -0.3 is 0 Å². The van der Waals surface area contributed by atoms with Crippen LogP contribution in [0.3, 0.4) is 0 Å². The van der Waals surface area contributed by atoms with Gasteiger partial charge >= 0.3 is 272 Å². The van der Waals surface area contributed by atoms with Crippen LogP contribution in [0.2, 0.25) is 0 Å². The third-order valence-electron chi connectivity index (χ3n) is 9.51. The summed E-state index contributed by atoms with van der Waals surface area (Å²) < 4.78 is 2.73. The van der Waals surface area contributed by atoms with Crippen molar-refractivity contribution < 1.29 is 0 Å². The SMILES string of the molecule is c1ccc(-c2cccc(-c3nc(-c4ccc5ccc6c7ccccc7ccc6c5c4)nc(-c4cccc5c4[se]c4ccccc45)n3)c2)cc1. The van der Waals surface area contributed by atoms with Crippen LogP contribution in [0.5, 0.6) is 0 Å². The maximum atomic E-state index is 5.24. The molecular formula is C45H27N3Se. The molecule has 0 spiro atoms. The Bertz CT molecular complexity index is 2890. The van der Waals surface area contributed by atoms with E-state index < -0.39 is 0 Å². The summed E-state index contributed by atoms with van der Waals surface area (Å²) in [5.41, 5.74) is 5.30. The van der Waals surface area contributed by atoms with Crippen LogP contribution in [0.4, 0.5) is 0 Å². The summed E-state index contributed by atoms with van der Waals surface area (Å²) in [6.45, 7) is 0. The van der Waals surface area contributed by atoms with Gasteiger partial charge in [-0.1, -0.05) is 18.2 Å². The molecule has 0 saturated heterocycles. The van der Waals surface area contributed by atoms with Gasteiger partial charge in [-0.3, -0.25) is 0 Å². The van der Waals surface area contributed by atoms with Crippen LogP contribution in [0.1, 0.15) is 0 Å². The second kappa shape index (κ2) is 11.3. The van der Waals surface area contributed by atoms with E-state index >= 15 is 0 Å². The third-order valence-corrected chi connectivity index (χ3v) is 12.1. The van der Waals surface area contributed by atoms with Gasteiger partial charge in [-0.15, -0.1) is 0 Å². The number of hydrogen-bond acceptors (Lipinski definition) is 3. The minimum absolute atomic E-state index is 0.160. The summed E-state index contributed by atoms with van der Waals surface area (Å²) in [6, 6.07) is 58.4. The third kappa shape index (κ3) is 4.76. The standard InChI is InChI=1S/C45H27N3Se/c1-2-10-28(11-3-1)31-13-8-14-32(26-31)43-46-44(48-45(47-43)39-18-9-17-38-37-16-6-7-19-41(37)49-42(38)39)33-21-20-30-23-24-35-34-15-5-4-12-29(34)22-25-36(35)40(30)27-33/h1-27H. The Labute approximate surface area is 288 Å². The fraction of sp³-hybridized carbons (Fsp3) is 0. The topological polar surface area (TPSA) is 38.7 Å². The van der Waals surface area contributed by atoms with E-state index in [-0.39, 0.29) is 14.5 Å². The van der Waals surface area contributed by atoms with Crippen LogP contribution in [-0.4, -0.2) is 29.5 Å². The second-order valence-corrected chi connectivity index (χ2v) is 14.6. The Balaban J connectivity index is 1.21. The van der Waals surface area contributed by atoms with Crippen molar-refractivity contribution in [1.29, 1.82) is 0 Å². The van der Waals surface area contributed by atoms with Crippen molar-refractivity contribution in [3.63, 3.8) is 0 Å². The van der Waals surface area contributed by atoms with Crippen molar-refractivity contribution in [2.45, 2.75) is 0 Å². The summed E-state index contributed by atoms with van der Waals surface area (Å²) in [5.74, 6) is 2.05.